The van der Waals surface area contributed by atoms with Crippen LogP contribution in [0, 0.1) is 0 Å². The largest absolute Gasteiger partial charge is 0.497 e. The SMILES string of the molecule is CCNC(=NCC(=O)N(C)CC(F)(F)F)NCCc1ccc(OC)cc1.I. The van der Waals surface area contributed by atoms with Gasteiger partial charge in [-0.25, -0.2) is 4.99 Å². The Morgan fingerprint density at radius 1 is 1.22 bits per heavy atom. The predicted molar refractivity (Wildman–Crippen MR) is 110 cm³/mol. The van der Waals surface area contributed by atoms with E-state index in [1.165, 1.54) is 0 Å². The minimum Gasteiger partial charge on any atom is -0.497 e. The molecule has 27 heavy (non-hydrogen) atoms. The summed E-state index contributed by atoms with van der Waals surface area (Å²) in [5.41, 5.74) is 1.09. The minimum absolute atomic E-state index is 0. The van der Waals surface area contributed by atoms with Gasteiger partial charge in [-0.2, -0.15) is 13.2 Å². The Morgan fingerprint density at radius 3 is 2.37 bits per heavy atom. The summed E-state index contributed by atoms with van der Waals surface area (Å²) in [6.07, 6.45) is -3.70. The fourth-order valence-electron chi connectivity index (χ4n) is 2.08. The summed E-state index contributed by atoms with van der Waals surface area (Å²) in [5.74, 6) is 0.461. The van der Waals surface area contributed by atoms with Crippen molar-refractivity contribution in [2.24, 2.45) is 4.99 Å². The first-order valence-electron chi connectivity index (χ1n) is 8.21. The number of ether oxygens (including phenoxy) is 1. The van der Waals surface area contributed by atoms with E-state index in [1.54, 1.807) is 7.11 Å². The van der Waals surface area contributed by atoms with Gasteiger partial charge in [-0.05, 0) is 31.0 Å². The lowest BCUT2D eigenvalue weighted by molar-refractivity contribution is -0.157. The Balaban J connectivity index is 0.00000676. The molecule has 0 saturated heterocycles. The highest BCUT2D eigenvalue weighted by Crippen LogP contribution is 2.15. The van der Waals surface area contributed by atoms with Crippen LogP contribution in [-0.4, -0.2) is 63.3 Å². The summed E-state index contributed by atoms with van der Waals surface area (Å²) in [6.45, 7) is 1.34. The zero-order valence-electron chi connectivity index (χ0n) is 15.6. The molecule has 0 aliphatic rings. The second-order valence-corrected chi connectivity index (χ2v) is 5.58. The fourth-order valence-corrected chi connectivity index (χ4v) is 2.08. The molecule has 1 aromatic rings. The van der Waals surface area contributed by atoms with E-state index in [4.69, 9.17) is 4.74 Å². The number of halogens is 4. The first kappa shape index (κ1) is 25.3. The van der Waals surface area contributed by atoms with E-state index in [-0.39, 0.29) is 30.5 Å². The number of amides is 1. The van der Waals surface area contributed by atoms with Crippen molar-refractivity contribution in [1.82, 2.24) is 15.5 Å². The number of carbonyl (C=O) groups is 1. The third kappa shape index (κ3) is 10.9. The molecule has 0 fully saturated rings. The maximum Gasteiger partial charge on any atom is 0.406 e. The number of aliphatic imine (C=N–C) groups is 1. The summed E-state index contributed by atoms with van der Waals surface area (Å²) in [5, 5.41) is 6.01. The number of benzene rings is 1. The van der Waals surface area contributed by atoms with E-state index in [2.05, 4.69) is 15.6 Å². The lowest BCUT2D eigenvalue weighted by atomic mass is 10.1. The molecule has 1 rings (SSSR count). The molecule has 0 radical (unpaired) electrons. The molecule has 0 heterocycles. The standard InChI is InChI=1S/C17H25F3N4O2.HI/c1-4-21-16(23-11-15(25)24(2)12-17(18,19)20)22-10-9-13-5-7-14(26-3)8-6-13;/h5-8H,4,9-12H2,1-3H3,(H2,21,22,23);1H. The van der Waals surface area contributed by atoms with Crippen LogP contribution in [0.1, 0.15) is 12.5 Å². The third-order valence-corrected chi connectivity index (χ3v) is 3.42. The average Bonchev–Trinajstić information content (AvgIpc) is 2.58. The number of methoxy groups -OCH3 is 1. The summed E-state index contributed by atoms with van der Waals surface area (Å²) >= 11 is 0. The van der Waals surface area contributed by atoms with Crippen molar-refractivity contribution in [2.45, 2.75) is 19.5 Å². The Hall–Kier alpha value is -1.72. The maximum atomic E-state index is 12.3. The van der Waals surface area contributed by atoms with Gasteiger partial charge in [0.05, 0.1) is 7.11 Å². The van der Waals surface area contributed by atoms with Gasteiger partial charge in [0, 0.05) is 20.1 Å². The van der Waals surface area contributed by atoms with Gasteiger partial charge in [-0.1, -0.05) is 12.1 Å². The smallest absolute Gasteiger partial charge is 0.406 e. The van der Waals surface area contributed by atoms with Crippen molar-refractivity contribution in [3.63, 3.8) is 0 Å². The molecule has 0 saturated carbocycles. The molecule has 6 nitrogen and oxygen atoms in total. The first-order chi connectivity index (χ1) is 12.2. The Labute approximate surface area is 174 Å². The monoisotopic (exact) mass is 502 g/mol. The molecule has 0 unspecified atom stereocenters. The summed E-state index contributed by atoms with van der Waals surface area (Å²) in [7, 11) is 2.71. The van der Waals surface area contributed by atoms with Gasteiger partial charge in [0.1, 0.15) is 18.8 Å². The second kappa shape index (κ2) is 12.6. The molecule has 0 bridgehead atoms. The van der Waals surface area contributed by atoms with Crippen molar-refractivity contribution in [1.29, 1.82) is 0 Å². The first-order valence-corrected chi connectivity index (χ1v) is 8.21. The predicted octanol–water partition coefficient (Wildman–Crippen LogP) is 2.43. The number of carbonyl (C=O) groups excluding carboxylic acids is 1. The van der Waals surface area contributed by atoms with Gasteiger partial charge in [0.2, 0.25) is 5.91 Å². The Bertz CT molecular complexity index is 595. The molecule has 0 aromatic heterocycles. The number of nitrogens with one attached hydrogen (secondary N) is 2. The van der Waals surface area contributed by atoms with Crippen LogP contribution in [0.3, 0.4) is 0 Å². The van der Waals surface area contributed by atoms with Crippen LogP contribution in [0.4, 0.5) is 13.2 Å². The summed E-state index contributed by atoms with van der Waals surface area (Å²) in [6, 6.07) is 7.62. The summed E-state index contributed by atoms with van der Waals surface area (Å²) < 4.78 is 42.0. The molecule has 0 aliphatic heterocycles. The topological polar surface area (TPSA) is 66.0 Å². The highest BCUT2D eigenvalue weighted by atomic mass is 127. The van der Waals surface area contributed by atoms with E-state index in [9.17, 15) is 18.0 Å². The molecule has 1 amide bonds. The highest BCUT2D eigenvalue weighted by molar-refractivity contribution is 14.0. The number of hydrogen-bond acceptors (Lipinski definition) is 3. The third-order valence-electron chi connectivity index (χ3n) is 3.42. The minimum atomic E-state index is -4.42. The van der Waals surface area contributed by atoms with Crippen molar-refractivity contribution in [2.75, 3.05) is 40.3 Å². The van der Waals surface area contributed by atoms with Crippen LogP contribution >= 0.6 is 24.0 Å². The fraction of sp³-hybridized carbons (Fsp3) is 0.529. The molecule has 10 heteroatoms. The van der Waals surface area contributed by atoms with Crippen LogP contribution in [0.25, 0.3) is 0 Å². The molecular formula is C17H26F3IN4O2. The second-order valence-electron chi connectivity index (χ2n) is 5.58. The van der Waals surface area contributed by atoms with Gasteiger partial charge in [-0.3, -0.25) is 4.79 Å². The van der Waals surface area contributed by atoms with Crippen LogP contribution < -0.4 is 15.4 Å². The highest BCUT2D eigenvalue weighted by Gasteiger charge is 2.30. The number of hydrogen-bond donors (Lipinski definition) is 2. The zero-order valence-corrected chi connectivity index (χ0v) is 17.9. The van der Waals surface area contributed by atoms with Gasteiger partial charge in [0.25, 0.3) is 0 Å². The number of alkyl halides is 3. The van der Waals surface area contributed by atoms with Crippen LogP contribution in [0.5, 0.6) is 5.75 Å². The number of rotatable bonds is 8. The molecular weight excluding hydrogens is 476 g/mol. The lowest BCUT2D eigenvalue weighted by Gasteiger charge is -2.18. The normalized spacial score (nSPS) is 11.4. The van der Waals surface area contributed by atoms with Crippen molar-refractivity contribution >= 4 is 35.8 Å². The number of guanidine groups is 1. The van der Waals surface area contributed by atoms with Gasteiger partial charge < -0.3 is 20.3 Å². The zero-order chi connectivity index (χ0) is 19.6. The van der Waals surface area contributed by atoms with Crippen molar-refractivity contribution < 1.29 is 22.7 Å². The van der Waals surface area contributed by atoms with Gasteiger partial charge in [-0.15, -0.1) is 24.0 Å². The van der Waals surface area contributed by atoms with Crippen molar-refractivity contribution in [3.05, 3.63) is 29.8 Å². The van der Waals surface area contributed by atoms with E-state index < -0.39 is 18.6 Å². The molecule has 154 valence electrons. The van der Waals surface area contributed by atoms with E-state index in [1.807, 2.05) is 31.2 Å². The molecule has 1 aromatic carbocycles. The number of nitrogens with zero attached hydrogens (tertiary/aromatic N) is 2. The average molecular weight is 502 g/mol. The maximum absolute atomic E-state index is 12.3. The van der Waals surface area contributed by atoms with Crippen molar-refractivity contribution in [3.8, 4) is 5.75 Å². The molecule has 0 atom stereocenters. The summed E-state index contributed by atoms with van der Waals surface area (Å²) in [4.78, 5) is 16.4. The van der Waals surface area contributed by atoms with E-state index >= 15 is 0 Å². The van der Waals surface area contributed by atoms with Crippen LogP contribution in [0.15, 0.2) is 29.3 Å². The number of likely N-dealkylation sites (N-methyl/N-ethyl adjacent to an activating group) is 1. The van der Waals surface area contributed by atoms with E-state index in [0.29, 0.717) is 23.9 Å². The van der Waals surface area contributed by atoms with Gasteiger partial charge in [0.15, 0.2) is 5.96 Å². The van der Waals surface area contributed by atoms with E-state index in [0.717, 1.165) is 24.8 Å². The Morgan fingerprint density at radius 2 is 1.85 bits per heavy atom. The quantitative estimate of drug-likeness (QED) is 0.326. The molecule has 0 spiro atoms. The lowest BCUT2D eigenvalue weighted by Crippen LogP contribution is -2.40. The van der Waals surface area contributed by atoms with Crippen LogP contribution in [-0.2, 0) is 11.2 Å². The van der Waals surface area contributed by atoms with Gasteiger partial charge >= 0.3 is 6.18 Å². The Kier molecular flexibility index (Phi) is 11.8. The van der Waals surface area contributed by atoms with Crippen LogP contribution in [0.2, 0.25) is 0 Å². The molecule has 0 aliphatic carbocycles. The molecule has 2 N–H and O–H groups in total.